The third-order valence-corrected chi connectivity index (χ3v) is 3.06. The van der Waals surface area contributed by atoms with Crippen molar-refractivity contribution in [3.05, 3.63) is 0 Å². The van der Waals surface area contributed by atoms with Crippen LogP contribution in [0, 0.1) is 0 Å². The molecule has 16 heavy (non-hydrogen) atoms. The van der Waals surface area contributed by atoms with Gasteiger partial charge in [0.05, 0.1) is 13.2 Å². The zero-order valence-electron chi connectivity index (χ0n) is 9.87. The van der Waals surface area contributed by atoms with E-state index in [1.165, 1.54) is 0 Å². The lowest BCUT2D eigenvalue weighted by molar-refractivity contribution is 0.0719. The zero-order valence-corrected chi connectivity index (χ0v) is 9.87. The lowest BCUT2D eigenvalue weighted by atomic mass is 10.2. The van der Waals surface area contributed by atoms with E-state index in [9.17, 15) is 4.79 Å². The molecule has 0 aromatic rings. The molecule has 92 valence electrons. The minimum atomic E-state index is 0.0548. The first kappa shape index (κ1) is 11.7. The van der Waals surface area contributed by atoms with Crippen molar-refractivity contribution in [1.82, 2.24) is 15.5 Å². The third-order valence-electron chi connectivity index (χ3n) is 3.06. The van der Waals surface area contributed by atoms with Crippen molar-refractivity contribution in [2.75, 3.05) is 33.4 Å². The van der Waals surface area contributed by atoms with Crippen LogP contribution in [0.4, 0.5) is 4.79 Å². The summed E-state index contributed by atoms with van der Waals surface area (Å²) in [7, 11) is 1.85. The molecule has 0 bridgehead atoms. The lowest BCUT2D eigenvalue weighted by Gasteiger charge is -2.26. The summed E-state index contributed by atoms with van der Waals surface area (Å²) >= 11 is 0. The van der Waals surface area contributed by atoms with E-state index in [1.807, 2.05) is 7.05 Å². The Morgan fingerprint density at radius 1 is 1.56 bits per heavy atom. The molecule has 0 radical (unpaired) electrons. The normalized spacial score (nSPS) is 25.2. The fraction of sp³-hybridized carbons (Fsp3) is 0.909. The number of ether oxygens (including phenoxy) is 1. The average Bonchev–Trinajstić information content (AvgIpc) is 3.11. The molecule has 0 aromatic carbocycles. The molecule has 5 heteroatoms. The zero-order chi connectivity index (χ0) is 11.4. The summed E-state index contributed by atoms with van der Waals surface area (Å²) in [6.07, 6.45) is 3.23. The van der Waals surface area contributed by atoms with E-state index in [-0.39, 0.29) is 6.03 Å². The topological polar surface area (TPSA) is 53.6 Å². The first-order valence-corrected chi connectivity index (χ1v) is 6.08. The van der Waals surface area contributed by atoms with Crippen molar-refractivity contribution >= 4 is 6.03 Å². The van der Waals surface area contributed by atoms with Gasteiger partial charge in [0.15, 0.2) is 0 Å². The number of hydrogen-bond acceptors (Lipinski definition) is 3. The van der Waals surface area contributed by atoms with Crippen LogP contribution in [-0.2, 0) is 4.74 Å². The summed E-state index contributed by atoms with van der Waals surface area (Å²) in [5, 5.41) is 6.36. The fourth-order valence-corrected chi connectivity index (χ4v) is 1.77. The molecule has 1 atom stereocenters. The van der Waals surface area contributed by atoms with Crippen LogP contribution < -0.4 is 10.6 Å². The molecule has 5 nitrogen and oxygen atoms in total. The SMILES string of the molecule is CN(CCC1COCCN1)C(=O)NC1CC1. The first-order chi connectivity index (χ1) is 7.75. The van der Waals surface area contributed by atoms with E-state index in [0.29, 0.717) is 12.1 Å². The quantitative estimate of drug-likeness (QED) is 0.720. The van der Waals surface area contributed by atoms with Crippen LogP contribution >= 0.6 is 0 Å². The van der Waals surface area contributed by atoms with Crippen molar-refractivity contribution < 1.29 is 9.53 Å². The maximum absolute atomic E-state index is 11.6. The highest BCUT2D eigenvalue weighted by Crippen LogP contribution is 2.18. The van der Waals surface area contributed by atoms with E-state index in [2.05, 4.69) is 10.6 Å². The number of urea groups is 1. The second-order valence-corrected chi connectivity index (χ2v) is 4.66. The summed E-state index contributed by atoms with van der Waals surface area (Å²) in [6, 6.07) is 0.884. The highest BCUT2D eigenvalue weighted by Gasteiger charge is 2.24. The average molecular weight is 227 g/mol. The highest BCUT2D eigenvalue weighted by atomic mass is 16.5. The molecule has 0 aromatic heterocycles. The number of carbonyl (C=O) groups excluding carboxylic acids is 1. The van der Waals surface area contributed by atoms with Crippen molar-refractivity contribution in [1.29, 1.82) is 0 Å². The van der Waals surface area contributed by atoms with Crippen LogP contribution in [0.25, 0.3) is 0 Å². The number of nitrogens with zero attached hydrogens (tertiary/aromatic N) is 1. The van der Waals surface area contributed by atoms with Crippen LogP contribution in [0.2, 0.25) is 0 Å². The van der Waals surface area contributed by atoms with Gasteiger partial charge in [-0.1, -0.05) is 0 Å². The van der Waals surface area contributed by atoms with Crippen LogP contribution in [0.3, 0.4) is 0 Å². The Labute approximate surface area is 96.5 Å². The number of morpholine rings is 1. The Hall–Kier alpha value is -0.810. The molecule has 2 N–H and O–H groups in total. The molecule has 2 fully saturated rings. The predicted octanol–water partition coefficient (Wildman–Crippen LogP) is 0.169. The van der Waals surface area contributed by atoms with Gasteiger partial charge in [-0.25, -0.2) is 4.79 Å². The summed E-state index contributed by atoms with van der Waals surface area (Å²) in [5.41, 5.74) is 0. The van der Waals surface area contributed by atoms with Crippen molar-refractivity contribution in [2.45, 2.75) is 31.3 Å². The van der Waals surface area contributed by atoms with Crippen LogP contribution in [-0.4, -0.2) is 56.4 Å². The molecule has 1 unspecified atom stereocenters. The Kier molecular flexibility index (Phi) is 4.01. The molecular weight excluding hydrogens is 206 g/mol. The summed E-state index contributed by atoms with van der Waals surface area (Å²) in [5.74, 6) is 0. The van der Waals surface area contributed by atoms with E-state index in [4.69, 9.17) is 4.74 Å². The monoisotopic (exact) mass is 227 g/mol. The predicted molar refractivity (Wildman–Crippen MR) is 61.4 cm³/mol. The van der Waals surface area contributed by atoms with Gasteiger partial charge in [0, 0.05) is 32.2 Å². The summed E-state index contributed by atoms with van der Waals surface area (Å²) in [4.78, 5) is 13.4. The van der Waals surface area contributed by atoms with Gasteiger partial charge < -0.3 is 20.3 Å². The van der Waals surface area contributed by atoms with Gasteiger partial charge in [-0.3, -0.25) is 0 Å². The number of amides is 2. The maximum atomic E-state index is 11.6. The van der Waals surface area contributed by atoms with Crippen LogP contribution in [0.15, 0.2) is 0 Å². The largest absolute Gasteiger partial charge is 0.379 e. The molecular formula is C11H21N3O2. The first-order valence-electron chi connectivity index (χ1n) is 6.08. The second-order valence-electron chi connectivity index (χ2n) is 4.66. The van der Waals surface area contributed by atoms with E-state index in [0.717, 1.165) is 45.6 Å². The van der Waals surface area contributed by atoms with Gasteiger partial charge in [-0.15, -0.1) is 0 Å². The van der Waals surface area contributed by atoms with Gasteiger partial charge in [-0.05, 0) is 19.3 Å². The molecule has 1 saturated carbocycles. The number of carbonyl (C=O) groups is 1. The lowest BCUT2D eigenvalue weighted by Crippen LogP contribution is -2.45. The fourth-order valence-electron chi connectivity index (χ4n) is 1.77. The highest BCUT2D eigenvalue weighted by molar-refractivity contribution is 5.74. The Balaban J connectivity index is 1.61. The minimum Gasteiger partial charge on any atom is -0.379 e. The number of rotatable bonds is 4. The van der Waals surface area contributed by atoms with Gasteiger partial charge in [0.25, 0.3) is 0 Å². The van der Waals surface area contributed by atoms with Crippen LogP contribution in [0.1, 0.15) is 19.3 Å². The molecule has 1 saturated heterocycles. The smallest absolute Gasteiger partial charge is 0.317 e. The van der Waals surface area contributed by atoms with Crippen molar-refractivity contribution in [3.63, 3.8) is 0 Å². The molecule has 2 amide bonds. The molecule has 1 heterocycles. The summed E-state index contributed by atoms with van der Waals surface area (Å²) < 4.78 is 5.37. The molecule has 1 aliphatic carbocycles. The molecule has 0 spiro atoms. The third kappa shape index (κ3) is 3.64. The second kappa shape index (κ2) is 5.50. The molecule has 1 aliphatic heterocycles. The standard InChI is InChI=1S/C11H21N3O2/c1-14(11(15)13-9-2-3-9)6-4-10-8-16-7-5-12-10/h9-10,12H,2-8H2,1H3,(H,13,15). The number of hydrogen-bond donors (Lipinski definition) is 2. The summed E-state index contributed by atoms with van der Waals surface area (Å²) in [6.45, 7) is 3.26. The van der Waals surface area contributed by atoms with E-state index in [1.54, 1.807) is 4.90 Å². The van der Waals surface area contributed by atoms with E-state index < -0.39 is 0 Å². The van der Waals surface area contributed by atoms with Gasteiger partial charge in [-0.2, -0.15) is 0 Å². The minimum absolute atomic E-state index is 0.0548. The Bertz CT molecular complexity index is 237. The van der Waals surface area contributed by atoms with Crippen LogP contribution in [0.5, 0.6) is 0 Å². The van der Waals surface area contributed by atoms with E-state index >= 15 is 0 Å². The molecule has 2 rings (SSSR count). The van der Waals surface area contributed by atoms with Gasteiger partial charge >= 0.3 is 6.03 Å². The van der Waals surface area contributed by atoms with Crippen molar-refractivity contribution in [3.8, 4) is 0 Å². The van der Waals surface area contributed by atoms with Gasteiger partial charge in [0.2, 0.25) is 0 Å². The Morgan fingerprint density at radius 2 is 2.38 bits per heavy atom. The van der Waals surface area contributed by atoms with Gasteiger partial charge in [0.1, 0.15) is 0 Å². The maximum Gasteiger partial charge on any atom is 0.317 e. The number of nitrogens with one attached hydrogen (secondary N) is 2. The Morgan fingerprint density at radius 3 is 3.00 bits per heavy atom. The molecule has 2 aliphatic rings. The van der Waals surface area contributed by atoms with Crippen molar-refractivity contribution in [2.24, 2.45) is 0 Å².